The molecule has 0 saturated heterocycles. The SMILES string of the molecule is C[C@@H](O)c1ccc(-n2ccc(C(N)=O)n2)nc1. The minimum absolute atomic E-state index is 0.186. The quantitative estimate of drug-likeness (QED) is 0.801. The largest absolute Gasteiger partial charge is 0.389 e. The lowest BCUT2D eigenvalue weighted by atomic mass is 10.2. The summed E-state index contributed by atoms with van der Waals surface area (Å²) in [6.07, 6.45) is 2.60. The third kappa shape index (κ3) is 2.31. The minimum Gasteiger partial charge on any atom is -0.389 e. The molecule has 3 N–H and O–H groups in total. The van der Waals surface area contributed by atoms with E-state index in [4.69, 9.17) is 5.73 Å². The molecule has 0 spiro atoms. The fourth-order valence-electron chi connectivity index (χ4n) is 1.36. The van der Waals surface area contributed by atoms with E-state index in [-0.39, 0.29) is 5.69 Å². The number of hydrogen-bond acceptors (Lipinski definition) is 4. The Bertz CT molecular complexity index is 531. The average Bonchev–Trinajstić information content (AvgIpc) is 2.78. The molecule has 2 heterocycles. The van der Waals surface area contributed by atoms with Gasteiger partial charge in [-0.2, -0.15) is 5.10 Å². The van der Waals surface area contributed by atoms with Gasteiger partial charge in [0.1, 0.15) is 5.69 Å². The zero-order valence-corrected chi connectivity index (χ0v) is 9.24. The maximum absolute atomic E-state index is 10.9. The Labute approximate surface area is 97.7 Å². The van der Waals surface area contributed by atoms with Gasteiger partial charge in [-0.3, -0.25) is 4.79 Å². The fraction of sp³-hybridized carbons (Fsp3) is 0.182. The molecule has 2 rings (SSSR count). The molecule has 88 valence electrons. The number of aliphatic hydroxyl groups excluding tert-OH is 1. The van der Waals surface area contributed by atoms with Crippen LogP contribution < -0.4 is 5.73 Å². The topological polar surface area (TPSA) is 94.0 Å². The Hall–Kier alpha value is -2.21. The first kappa shape index (κ1) is 11.3. The van der Waals surface area contributed by atoms with Gasteiger partial charge in [-0.15, -0.1) is 0 Å². The first-order chi connectivity index (χ1) is 8.08. The van der Waals surface area contributed by atoms with Crippen LogP contribution in [0.2, 0.25) is 0 Å². The van der Waals surface area contributed by atoms with Gasteiger partial charge in [-0.05, 0) is 24.6 Å². The maximum atomic E-state index is 10.9. The van der Waals surface area contributed by atoms with Crippen LogP contribution in [-0.2, 0) is 0 Å². The fourth-order valence-corrected chi connectivity index (χ4v) is 1.36. The number of nitrogens with zero attached hydrogens (tertiary/aromatic N) is 3. The predicted octanol–water partition coefficient (Wildman–Crippen LogP) is 0.420. The van der Waals surface area contributed by atoms with E-state index in [0.717, 1.165) is 5.56 Å². The van der Waals surface area contributed by atoms with Gasteiger partial charge in [-0.25, -0.2) is 9.67 Å². The number of aromatic nitrogens is 3. The summed E-state index contributed by atoms with van der Waals surface area (Å²) in [5, 5.41) is 13.3. The molecule has 1 atom stereocenters. The van der Waals surface area contributed by atoms with Crippen molar-refractivity contribution in [2.45, 2.75) is 13.0 Å². The second-order valence-corrected chi connectivity index (χ2v) is 3.64. The van der Waals surface area contributed by atoms with Crippen molar-refractivity contribution in [2.24, 2.45) is 5.73 Å². The molecule has 2 aromatic heterocycles. The van der Waals surface area contributed by atoms with E-state index in [1.54, 1.807) is 31.5 Å². The van der Waals surface area contributed by atoms with Crippen LogP contribution in [0.1, 0.15) is 29.1 Å². The minimum atomic E-state index is -0.579. The highest BCUT2D eigenvalue weighted by Crippen LogP contribution is 2.12. The summed E-state index contributed by atoms with van der Waals surface area (Å²) in [7, 11) is 0. The molecule has 0 bridgehead atoms. The molecule has 0 aliphatic heterocycles. The summed E-state index contributed by atoms with van der Waals surface area (Å²) in [5.41, 5.74) is 6.01. The highest BCUT2D eigenvalue weighted by molar-refractivity contribution is 5.90. The summed E-state index contributed by atoms with van der Waals surface area (Å²) in [4.78, 5) is 15.0. The molecule has 0 saturated carbocycles. The maximum Gasteiger partial charge on any atom is 0.269 e. The Morgan fingerprint density at radius 3 is 2.71 bits per heavy atom. The van der Waals surface area contributed by atoms with E-state index in [1.807, 2.05) is 0 Å². The molecule has 17 heavy (non-hydrogen) atoms. The van der Waals surface area contributed by atoms with E-state index in [1.165, 1.54) is 10.7 Å². The monoisotopic (exact) mass is 232 g/mol. The number of carbonyl (C=O) groups excluding carboxylic acids is 1. The number of primary amides is 1. The van der Waals surface area contributed by atoms with E-state index in [0.29, 0.717) is 5.82 Å². The third-order valence-corrected chi connectivity index (χ3v) is 2.33. The molecular formula is C11H12N4O2. The van der Waals surface area contributed by atoms with Gasteiger partial charge in [0, 0.05) is 12.4 Å². The van der Waals surface area contributed by atoms with Crippen LogP contribution in [0.3, 0.4) is 0 Å². The molecule has 0 fully saturated rings. The Kier molecular flexibility index (Phi) is 2.88. The molecule has 0 aromatic carbocycles. The van der Waals surface area contributed by atoms with Crippen LogP contribution in [0, 0.1) is 0 Å². The zero-order chi connectivity index (χ0) is 12.4. The molecular weight excluding hydrogens is 220 g/mol. The van der Waals surface area contributed by atoms with Gasteiger partial charge in [0.05, 0.1) is 6.10 Å². The zero-order valence-electron chi connectivity index (χ0n) is 9.24. The molecule has 0 aliphatic rings. The van der Waals surface area contributed by atoms with E-state index < -0.39 is 12.0 Å². The van der Waals surface area contributed by atoms with E-state index >= 15 is 0 Å². The van der Waals surface area contributed by atoms with Crippen molar-refractivity contribution in [1.82, 2.24) is 14.8 Å². The number of nitrogens with two attached hydrogens (primary N) is 1. The number of carbonyl (C=O) groups is 1. The van der Waals surface area contributed by atoms with Crippen molar-refractivity contribution in [3.8, 4) is 5.82 Å². The van der Waals surface area contributed by atoms with Crippen LogP contribution in [0.15, 0.2) is 30.6 Å². The average molecular weight is 232 g/mol. The number of amides is 1. The number of rotatable bonds is 3. The predicted molar refractivity (Wildman–Crippen MR) is 60.5 cm³/mol. The van der Waals surface area contributed by atoms with Crippen molar-refractivity contribution in [1.29, 1.82) is 0 Å². The second-order valence-electron chi connectivity index (χ2n) is 3.64. The second kappa shape index (κ2) is 4.34. The molecule has 0 unspecified atom stereocenters. The molecule has 6 nitrogen and oxygen atoms in total. The smallest absolute Gasteiger partial charge is 0.269 e. The van der Waals surface area contributed by atoms with Crippen molar-refractivity contribution in [3.63, 3.8) is 0 Å². The number of pyridine rings is 1. The standard InChI is InChI=1S/C11H12N4O2/c1-7(16)8-2-3-10(13-6-8)15-5-4-9(14-15)11(12)17/h2-7,16H,1H3,(H2,12,17)/t7-/m1/s1. The highest BCUT2D eigenvalue weighted by atomic mass is 16.3. The lowest BCUT2D eigenvalue weighted by molar-refractivity contribution is 0.0995. The molecule has 2 aromatic rings. The summed E-state index contributed by atoms with van der Waals surface area (Å²) in [6.45, 7) is 1.66. The van der Waals surface area contributed by atoms with Crippen LogP contribution >= 0.6 is 0 Å². The van der Waals surface area contributed by atoms with Crippen LogP contribution in [0.25, 0.3) is 5.82 Å². The van der Waals surface area contributed by atoms with Crippen molar-refractivity contribution in [2.75, 3.05) is 0 Å². The molecule has 0 radical (unpaired) electrons. The van der Waals surface area contributed by atoms with Crippen LogP contribution in [0.5, 0.6) is 0 Å². The first-order valence-electron chi connectivity index (χ1n) is 5.08. The Morgan fingerprint density at radius 2 is 2.24 bits per heavy atom. The van der Waals surface area contributed by atoms with Gasteiger partial charge < -0.3 is 10.8 Å². The van der Waals surface area contributed by atoms with Crippen LogP contribution in [-0.4, -0.2) is 25.8 Å². The molecule has 0 aliphatic carbocycles. The Morgan fingerprint density at radius 1 is 1.47 bits per heavy atom. The summed E-state index contributed by atoms with van der Waals surface area (Å²) >= 11 is 0. The van der Waals surface area contributed by atoms with Crippen molar-refractivity contribution >= 4 is 5.91 Å². The van der Waals surface area contributed by atoms with Gasteiger partial charge in [0.15, 0.2) is 5.82 Å². The van der Waals surface area contributed by atoms with Gasteiger partial charge in [0.2, 0.25) is 0 Å². The van der Waals surface area contributed by atoms with Gasteiger partial charge in [0.25, 0.3) is 5.91 Å². The van der Waals surface area contributed by atoms with Crippen LogP contribution in [0.4, 0.5) is 0 Å². The van der Waals surface area contributed by atoms with Crippen molar-refractivity contribution < 1.29 is 9.90 Å². The highest BCUT2D eigenvalue weighted by Gasteiger charge is 2.07. The molecule has 1 amide bonds. The van der Waals surface area contributed by atoms with Gasteiger partial charge >= 0.3 is 0 Å². The third-order valence-electron chi connectivity index (χ3n) is 2.33. The summed E-state index contributed by atoms with van der Waals surface area (Å²) in [5.74, 6) is -0.0220. The lowest BCUT2D eigenvalue weighted by Crippen LogP contribution is -2.12. The van der Waals surface area contributed by atoms with E-state index in [9.17, 15) is 9.90 Å². The molecule has 6 heteroatoms. The summed E-state index contributed by atoms with van der Waals surface area (Å²) < 4.78 is 1.45. The van der Waals surface area contributed by atoms with E-state index in [2.05, 4.69) is 10.1 Å². The first-order valence-corrected chi connectivity index (χ1v) is 5.08. The summed E-state index contributed by atoms with van der Waals surface area (Å²) in [6, 6.07) is 4.98. The van der Waals surface area contributed by atoms with Crippen molar-refractivity contribution in [3.05, 3.63) is 41.9 Å². The van der Waals surface area contributed by atoms with Gasteiger partial charge in [-0.1, -0.05) is 6.07 Å². The number of aliphatic hydroxyl groups is 1. The Balaban J connectivity index is 2.30. The normalized spacial score (nSPS) is 12.4. The number of hydrogen-bond donors (Lipinski definition) is 2. The lowest BCUT2D eigenvalue weighted by Gasteiger charge is -2.05.